The molecule has 0 saturated heterocycles. The van der Waals surface area contributed by atoms with Crippen LogP contribution < -0.4 is 10.6 Å². The number of urea groups is 1. The third-order valence-corrected chi connectivity index (χ3v) is 2.43. The van der Waals surface area contributed by atoms with Crippen LogP contribution in [0.5, 0.6) is 0 Å². The van der Waals surface area contributed by atoms with Gasteiger partial charge in [0.05, 0.1) is 12.7 Å². The number of anilines is 1. The molecule has 0 aliphatic rings. The highest BCUT2D eigenvalue weighted by Crippen LogP contribution is 2.17. The minimum absolute atomic E-state index is 0.0296. The van der Waals surface area contributed by atoms with Gasteiger partial charge in [0.2, 0.25) is 0 Å². The summed E-state index contributed by atoms with van der Waals surface area (Å²) >= 11 is 5.67. The molecule has 120 valence electrons. The zero-order valence-corrected chi connectivity index (χ0v) is 12.1. The van der Waals surface area contributed by atoms with Crippen molar-refractivity contribution in [3.63, 3.8) is 0 Å². The van der Waals surface area contributed by atoms with Gasteiger partial charge in [0, 0.05) is 10.7 Å². The summed E-state index contributed by atoms with van der Waals surface area (Å²) in [5.74, 6) is -2.74. The summed E-state index contributed by atoms with van der Waals surface area (Å²) in [5.41, 5.74) is 0.361. The predicted molar refractivity (Wildman–Crippen MR) is 74.4 cm³/mol. The molecule has 0 fully saturated rings. The number of halogens is 4. The minimum Gasteiger partial charge on any atom is -0.479 e. The molecule has 9 heteroatoms. The lowest BCUT2D eigenvalue weighted by atomic mass is 10.3. The van der Waals surface area contributed by atoms with Gasteiger partial charge in [-0.05, 0) is 31.2 Å². The summed E-state index contributed by atoms with van der Waals surface area (Å²) in [6.45, 7) is 1.46. The van der Waals surface area contributed by atoms with Crippen molar-refractivity contribution in [2.24, 2.45) is 0 Å². The van der Waals surface area contributed by atoms with Crippen LogP contribution in [-0.2, 0) is 9.53 Å². The van der Waals surface area contributed by atoms with Crippen molar-refractivity contribution in [2.75, 3.05) is 11.9 Å². The average Bonchev–Trinajstić information content (AvgIpc) is 2.40. The lowest BCUT2D eigenvalue weighted by molar-refractivity contribution is -0.165. The van der Waals surface area contributed by atoms with Crippen LogP contribution >= 0.6 is 11.6 Å². The average molecular weight is 337 g/mol. The molecule has 0 bridgehead atoms. The molecule has 0 heterocycles. The molecular weight excluding hydrogens is 325 g/mol. The maximum atomic E-state index is 12.2. The molecule has 5 nitrogen and oxygen atoms in total. The number of alkyl halides is 3. The summed E-state index contributed by atoms with van der Waals surface area (Å²) in [6, 6.07) is 5.16. The van der Waals surface area contributed by atoms with Crippen LogP contribution in [0.1, 0.15) is 6.92 Å². The summed E-state index contributed by atoms with van der Waals surface area (Å²) in [5, 5.41) is 4.82. The molecule has 1 aromatic carbocycles. The zero-order chi connectivity index (χ0) is 16.8. The van der Waals surface area contributed by atoms with E-state index in [0.717, 1.165) is 0 Å². The van der Waals surface area contributed by atoms with E-state index >= 15 is 0 Å². The van der Waals surface area contributed by atoms with Gasteiger partial charge < -0.3 is 10.1 Å². The highest BCUT2D eigenvalue weighted by molar-refractivity contribution is 6.30. The van der Waals surface area contributed by atoms with Crippen LogP contribution in [0.15, 0.2) is 36.2 Å². The fourth-order valence-electron chi connectivity index (χ4n) is 1.28. The molecule has 0 spiro atoms. The fraction of sp³-hybridized carbons (Fsp3) is 0.231. The lowest BCUT2D eigenvalue weighted by Crippen LogP contribution is -2.31. The topological polar surface area (TPSA) is 67.4 Å². The number of hydrogen-bond donors (Lipinski definition) is 2. The van der Waals surface area contributed by atoms with E-state index in [4.69, 9.17) is 16.3 Å². The van der Waals surface area contributed by atoms with Crippen molar-refractivity contribution in [3.8, 4) is 0 Å². The SMILES string of the molecule is CCOC(=CC(=O)C(F)(F)F)NC(=O)Nc1ccc(Cl)cc1. The Bertz CT molecular complexity index is 571. The summed E-state index contributed by atoms with van der Waals surface area (Å²) < 4.78 is 41.3. The third-order valence-electron chi connectivity index (χ3n) is 2.18. The Labute approximate surface area is 129 Å². The van der Waals surface area contributed by atoms with E-state index in [2.05, 4.69) is 5.32 Å². The van der Waals surface area contributed by atoms with Gasteiger partial charge in [-0.15, -0.1) is 0 Å². The molecule has 0 aliphatic carbocycles. The molecule has 0 radical (unpaired) electrons. The van der Waals surface area contributed by atoms with Crippen LogP contribution in [-0.4, -0.2) is 24.6 Å². The number of carbonyl (C=O) groups excluding carboxylic acids is 2. The smallest absolute Gasteiger partial charge is 0.454 e. The first kappa shape index (κ1) is 17.8. The molecule has 22 heavy (non-hydrogen) atoms. The van der Waals surface area contributed by atoms with Crippen molar-refractivity contribution >= 4 is 29.1 Å². The standard InChI is InChI=1S/C13H12ClF3N2O3/c1-2-22-11(7-10(20)13(15,16)17)19-12(21)18-9-5-3-8(14)4-6-9/h3-7H,2H2,1H3,(H2,18,19,21). The largest absolute Gasteiger partial charge is 0.479 e. The zero-order valence-electron chi connectivity index (χ0n) is 11.3. The number of amides is 2. The molecule has 0 aromatic heterocycles. The van der Waals surface area contributed by atoms with Gasteiger partial charge in [0.1, 0.15) is 0 Å². The van der Waals surface area contributed by atoms with Gasteiger partial charge in [-0.25, -0.2) is 4.79 Å². The van der Waals surface area contributed by atoms with E-state index in [1.165, 1.54) is 31.2 Å². The molecule has 0 atom stereocenters. The van der Waals surface area contributed by atoms with E-state index in [1.807, 2.05) is 5.32 Å². The van der Waals surface area contributed by atoms with Crippen molar-refractivity contribution in [1.82, 2.24) is 5.32 Å². The van der Waals surface area contributed by atoms with Gasteiger partial charge in [-0.2, -0.15) is 13.2 Å². The number of hydrogen-bond acceptors (Lipinski definition) is 3. The second-order valence-corrected chi connectivity index (χ2v) is 4.33. The van der Waals surface area contributed by atoms with Crippen molar-refractivity contribution in [2.45, 2.75) is 13.1 Å². The number of benzene rings is 1. The highest BCUT2D eigenvalue weighted by atomic mass is 35.5. The predicted octanol–water partition coefficient (Wildman–Crippen LogP) is 3.47. The Morgan fingerprint density at radius 1 is 1.27 bits per heavy atom. The monoisotopic (exact) mass is 336 g/mol. The van der Waals surface area contributed by atoms with E-state index in [1.54, 1.807) is 0 Å². The van der Waals surface area contributed by atoms with Gasteiger partial charge in [-0.1, -0.05) is 11.6 Å². The van der Waals surface area contributed by atoms with Crippen LogP contribution in [0.25, 0.3) is 0 Å². The van der Waals surface area contributed by atoms with Gasteiger partial charge in [-0.3, -0.25) is 10.1 Å². The van der Waals surface area contributed by atoms with E-state index in [9.17, 15) is 22.8 Å². The van der Waals surface area contributed by atoms with E-state index in [0.29, 0.717) is 10.7 Å². The second-order valence-electron chi connectivity index (χ2n) is 3.89. The number of ether oxygens (including phenoxy) is 1. The number of rotatable bonds is 5. The Kier molecular flexibility index (Phi) is 6.24. The number of nitrogens with one attached hydrogen (secondary N) is 2. The number of carbonyl (C=O) groups is 2. The quantitative estimate of drug-likeness (QED) is 0.639. The molecule has 2 amide bonds. The van der Waals surface area contributed by atoms with Crippen molar-refractivity contribution < 1.29 is 27.5 Å². The third kappa shape index (κ3) is 6.04. The Balaban J connectivity index is 2.74. The Morgan fingerprint density at radius 2 is 1.86 bits per heavy atom. The molecule has 0 saturated carbocycles. The summed E-state index contributed by atoms with van der Waals surface area (Å²) in [7, 11) is 0. The molecule has 1 rings (SSSR count). The van der Waals surface area contributed by atoms with Crippen molar-refractivity contribution in [1.29, 1.82) is 0 Å². The number of allylic oxidation sites excluding steroid dienone is 1. The first-order valence-corrected chi connectivity index (χ1v) is 6.39. The molecule has 1 aromatic rings. The summed E-state index contributed by atoms with van der Waals surface area (Å²) in [6.07, 6.45) is -4.87. The Hall–Kier alpha value is -2.22. The molecular formula is C13H12ClF3N2O3. The highest BCUT2D eigenvalue weighted by Gasteiger charge is 2.37. The van der Waals surface area contributed by atoms with Crippen molar-refractivity contribution in [3.05, 3.63) is 41.2 Å². The van der Waals surface area contributed by atoms with Gasteiger partial charge in [0.15, 0.2) is 5.88 Å². The maximum absolute atomic E-state index is 12.2. The van der Waals surface area contributed by atoms with E-state index < -0.39 is 23.9 Å². The van der Waals surface area contributed by atoms with Crippen LogP contribution in [0.3, 0.4) is 0 Å². The van der Waals surface area contributed by atoms with Crippen LogP contribution in [0, 0.1) is 0 Å². The molecule has 0 aliphatic heterocycles. The first-order valence-electron chi connectivity index (χ1n) is 6.01. The van der Waals surface area contributed by atoms with Crippen LogP contribution in [0.4, 0.5) is 23.7 Å². The fourth-order valence-corrected chi connectivity index (χ4v) is 1.40. The molecule has 0 unspecified atom stereocenters. The normalized spacial score (nSPS) is 11.8. The molecule has 2 N–H and O–H groups in total. The van der Waals surface area contributed by atoms with Gasteiger partial charge in [0.25, 0.3) is 5.78 Å². The minimum atomic E-state index is -5.04. The Morgan fingerprint density at radius 3 is 2.36 bits per heavy atom. The van der Waals surface area contributed by atoms with Gasteiger partial charge >= 0.3 is 12.2 Å². The van der Waals surface area contributed by atoms with Crippen LogP contribution in [0.2, 0.25) is 5.02 Å². The summed E-state index contributed by atoms with van der Waals surface area (Å²) in [4.78, 5) is 22.5. The number of ketones is 1. The van der Waals surface area contributed by atoms with E-state index in [-0.39, 0.29) is 12.7 Å². The first-order chi connectivity index (χ1) is 10.2. The lowest BCUT2D eigenvalue weighted by Gasteiger charge is -2.12. The maximum Gasteiger partial charge on any atom is 0.454 e. The second kappa shape index (κ2) is 7.69.